The Morgan fingerprint density at radius 3 is 2.48 bits per heavy atom. The zero-order valence-corrected chi connectivity index (χ0v) is 16.5. The molecule has 0 aliphatic rings. The Balaban J connectivity index is 1.66. The van der Waals surface area contributed by atoms with E-state index in [1.807, 2.05) is 49.3 Å². The maximum atomic E-state index is 14.2. The number of aromatic nitrogens is 1. The SMILES string of the molecule is CN(C)Cc1ccc(C(=O)Cn2ccc(OCc3ccccc3)cc2=O)cc1F. The molecule has 3 aromatic rings. The molecule has 6 heteroatoms. The molecule has 0 saturated heterocycles. The van der Waals surface area contributed by atoms with Gasteiger partial charge in [-0.2, -0.15) is 0 Å². The van der Waals surface area contributed by atoms with Crippen molar-refractivity contribution in [2.75, 3.05) is 14.1 Å². The summed E-state index contributed by atoms with van der Waals surface area (Å²) in [7, 11) is 3.69. The maximum Gasteiger partial charge on any atom is 0.254 e. The summed E-state index contributed by atoms with van der Waals surface area (Å²) in [4.78, 5) is 26.6. The largest absolute Gasteiger partial charge is 0.489 e. The molecular formula is C23H23FN2O3. The van der Waals surface area contributed by atoms with Gasteiger partial charge in [-0.3, -0.25) is 9.59 Å². The average Bonchev–Trinajstić information content (AvgIpc) is 2.70. The standard InChI is InChI=1S/C23H23FN2O3/c1-25(2)14-19-9-8-18(12-21(19)24)22(27)15-26-11-10-20(13-23(26)28)29-16-17-6-4-3-5-7-17/h3-13H,14-16H2,1-2H3. The molecule has 0 aliphatic heterocycles. The summed E-state index contributed by atoms with van der Waals surface area (Å²) in [6.07, 6.45) is 1.51. The van der Waals surface area contributed by atoms with Gasteiger partial charge in [0.15, 0.2) is 5.78 Å². The first-order chi connectivity index (χ1) is 13.9. The topological polar surface area (TPSA) is 51.5 Å². The molecule has 0 radical (unpaired) electrons. The lowest BCUT2D eigenvalue weighted by atomic mass is 10.1. The molecule has 0 atom stereocenters. The molecule has 2 aromatic carbocycles. The normalized spacial score (nSPS) is 10.9. The van der Waals surface area contributed by atoms with E-state index < -0.39 is 5.82 Å². The number of carbonyl (C=O) groups excluding carboxylic acids is 1. The van der Waals surface area contributed by atoms with E-state index >= 15 is 0 Å². The molecule has 0 bridgehead atoms. The summed E-state index contributed by atoms with van der Waals surface area (Å²) in [6.45, 7) is 0.635. The Morgan fingerprint density at radius 2 is 1.83 bits per heavy atom. The van der Waals surface area contributed by atoms with Gasteiger partial charge >= 0.3 is 0 Å². The van der Waals surface area contributed by atoms with Crippen LogP contribution >= 0.6 is 0 Å². The molecule has 1 heterocycles. The Labute approximate surface area is 169 Å². The molecule has 0 amide bonds. The van der Waals surface area contributed by atoms with Crippen molar-refractivity contribution < 1.29 is 13.9 Å². The highest BCUT2D eigenvalue weighted by molar-refractivity contribution is 5.95. The maximum absolute atomic E-state index is 14.2. The van der Waals surface area contributed by atoms with Gasteiger partial charge in [-0.1, -0.05) is 42.5 Å². The Morgan fingerprint density at radius 1 is 1.07 bits per heavy atom. The van der Waals surface area contributed by atoms with Crippen LogP contribution in [0.4, 0.5) is 4.39 Å². The predicted octanol–water partition coefficient (Wildman–Crippen LogP) is 3.51. The van der Waals surface area contributed by atoms with E-state index in [4.69, 9.17) is 4.74 Å². The van der Waals surface area contributed by atoms with E-state index in [9.17, 15) is 14.0 Å². The summed E-state index contributed by atoms with van der Waals surface area (Å²) in [5, 5.41) is 0. The van der Waals surface area contributed by atoms with E-state index in [2.05, 4.69) is 0 Å². The number of carbonyl (C=O) groups is 1. The molecule has 150 valence electrons. The highest BCUT2D eigenvalue weighted by Gasteiger charge is 2.12. The van der Waals surface area contributed by atoms with Crippen LogP contribution < -0.4 is 10.3 Å². The van der Waals surface area contributed by atoms with E-state index in [0.717, 1.165) is 5.56 Å². The van der Waals surface area contributed by atoms with Gasteiger partial charge in [0.2, 0.25) is 0 Å². The van der Waals surface area contributed by atoms with Gasteiger partial charge in [-0.05, 0) is 31.8 Å². The van der Waals surface area contributed by atoms with Crippen molar-refractivity contribution in [3.8, 4) is 5.75 Å². The highest BCUT2D eigenvalue weighted by Crippen LogP contribution is 2.14. The summed E-state index contributed by atoms with van der Waals surface area (Å²) >= 11 is 0. The van der Waals surface area contributed by atoms with Crippen LogP contribution in [0.25, 0.3) is 0 Å². The van der Waals surface area contributed by atoms with Crippen molar-refractivity contribution in [3.63, 3.8) is 0 Å². The van der Waals surface area contributed by atoms with Crippen LogP contribution in [-0.2, 0) is 19.7 Å². The number of Topliss-reactive ketones (excluding diaryl/α,β-unsaturated/α-hetero) is 1. The summed E-state index contributed by atoms with van der Waals surface area (Å²) in [5.74, 6) is -0.330. The molecule has 0 saturated carbocycles. The van der Waals surface area contributed by atoms with Crippen LogP contribution in [0.2, 0.25) is 0 Å². The molecular weight excluding hydrogens is 371 g/mol. The summed E-state index contributed by atoms with van der Waals surface area (Å²) < 4.78 is 21.1. The average molecular weight is 394 g/mol. The van der Waals surface area contributed by atoms with Crippen LogP contribution in [0.1, 0.15) is 21.5 Å². The highest BCUT2D eigenvalue weighted by atomic mass is 19.1. The van der Waals surface area contributed by atoms with E-state index in [1.165, 1.54) is 22.9 Å². The van der Waals surface area contributed by atoms with Crippen molar-refractivity contribution in [2.45, 2.75) is 19.7 Å². The number of ketones is 1. The summed E-state index contributed by atoms with van der Waals surface area (Å²) in [6, 6.07) is 17.0. The second-order valence-corrected chi connectivity index (χ2v) is 7.07. The third kappa shape index (κ3) is 5.62. The third-order valence-corrected chi connectivity index (χ3v) is 4.39. The number of pyridine rings is 1. The minimum atomic E-state index is -0.429. The molecule has 5 nitrogen and oxygen atoms in total. The lowest BCUT2D eigenvalue weighted by Gasteiger charge is -2.12. The number of rotatable bonds is 8. The Bertz CT molecular complexity index is 1050. The fraction of sp³-hybridized carbons (Fsp3) is 0.217. The van der Waals surface area contributed by atoms with Crippen LogP contribution in [-0.4, -0.2) is 29.3 Å². The van der Waals surface area contributed by atoms with Crippen molar-refractivity contribution in [3.05, 3.63) is 99.7 Å². The first-order valence-electron chi connectivity index (χ1n) is 9.26. The van der Waals surface area contributed by atoms with Crippen LogP contribution in [0.5, 0.6) is 5.75 Å². The quantitative estimate of drug-likeness (QED) is 0.549. The second-order valence-electron chi connectivity index (χ2n) is 7.07. The van der Waals surface area contributed by atoms with Gasteiger partial charge in [0.05, 0.1) is 6.54 Å². The second kappa shape index (κ2) is 9.30. The first-order valence-corrected chi connectivity index (χ1v) is 9.26. The molecule has 0 N–H and O–H groups in total. The molecule has 3 rings (SSSR count). The first kappa shape index (κ1) is 20.5. The van der Waals surface area contributed by atoms with Crippen molar-refractivity contribution in [1.29, 1.82) is 0 Å². The molecule has 1 aromatic heterocycles. The number of halogens is 1. The zero-order chi connectivity index (χ0) is 20.8. The van der Waals surface area contributed by atoms with E-state index in [0.29, 0.717) is 24.5 Å². The minimum absolute atomic E-state index is 0.162. The Kier molecular flexibility index (Phi) is 6.57. The minimum Gasteiger partial charge on any atom is -0.489 e. The van der Waals surface area contributed by atoms with E-state index in [1.54, 1.807) is 18.2 Å². The molecule has 29 heavy (non-hydrogen) atoms. The fourth-order valence-electron chi connectivity index (χ4n) is 2.89. The zero-order valence-electron chi connectivity index (χ0n) is 16.5. The van der Waals surface area contributed by atoms with Gasteiger partial charge in [0.25, 0.3) is 5.56 Å². The van der Waals surface area contributed by atoms with Crippen molar-refractivity contribution >= 4 is 5.78 Å². The van der Waals surface area contributed by atoms with Crippen molar-refractivity contribution in [1.82, 2.24) is 9.47 Å². The molecule has 0 unspecified atom stereocenters. The van der Waals surface area contributed by atoms with Gasteiger partial charge in [-0.25, -0.2) is 4.39 Å². The fourth-order valence-corrected chi connectivity index (χ4v) is 2.89. The smallest absolute Gasteiger partial charge is 0.254 e. The number of hydrogen-bond acceptors (Lipinski definition) is 4. The number of benzene rings is 2. The third-order valence-electron chi connectivity index (χ3n) is 4.39. The monoisotopic (exact) mass is 394 g/mol. The van der Waals surface area contributed by atoms with E-state index in [-0.39, 0.29) is 23.5 Å². The van der Waals surface area contributed by atoms with Gasteiger partial charge in [0, 0.05) is 29.9 Å². The Hall–Kier alpha value is -3.25. The summed E-state index contributed by atoms with van der Waals surface area (Å²) in [5.41, 5.74) is 1.39. The van der Waals surface area contributed by atoms with Gasteiger partial charge < -0.3 is 14.2 Å². The molecule has 0 spiro atoms. The van der Waals surface area contributed by atoms with Gasteiger partial charge in [-0.15, -0.1) is 0 Å². The molecule has 0 aliphatic carbocycles. The predicted molar refractivity (Wildman–Crippen MR) is 110 cm³/mol. The molecule has 0 fully saturated rings. The van der Waals surface area contributed by atoms with Crippen LogP contribution in [0, 0.1) is 5.82 Å². The van der Waals surface area contributed by atoms with Gasteiger partial charge in [0.1, 0.15) is 18.2 Å². The lowest BCUT2D eigenvalue weighted by molar-refractivity contribution is 0.0970. The van der Waals surface area contributed by atoms with Crippen LogP contribution in [0.15, 0.2) is 71.7 Å². The van der Waals surface area contributed by atoms with Crippen molar-refractivity contribution in [2.24, 2.45) is 0 Å². The van der Waals surface area contributed by atoms with Crippen LogP contribution in [0.3, 0.4) is 0 Å². The lowest BCUT2D eigenvalue weighted by Crippen LogP contribution is -2.23. The number of nitrogens with zero attached hydrogens (tertiary/aromatic N) is 2. The number of hydrogen-bond donors (Lipinski definition) is 0. The number of ether oxygens (including phenoxy) is 1.